The van der Waals surface area contributed by atoms with Gasteiger partial charge in [0, 0.05) is 31.4 Å². The molecule has 1 atom stereocenters. The van der Waals surface area contributed by atoms with Gasteiger partial charge in [-0.2, -0.15) is 0 Å². The second-order valence-corrected chi connectivity index (χ2v) is 5.89. The summed E-state index contributed by atoms with van der Waals surface area (Å²) in [6, 6.07) is 3.44. The van der Waals surface area contributed by atoms with E-state index in [1.807, 2.05) is 4.90 Å². The lowest BCUT2D eigenvalue weighted by atomic mass is 10.1. The molecule has 20 heavy (non-hydrogen) atoms. The Kier molecular flexibility index (Phi) is 3.87. The summed E-state index contributed by atoms with van der Waals surface area (Å²) in [6.45, 7) is 2.67. The minimum Gasteiger partial charge on any atom is -0.337 e. The summed E-state index contributed by atoms with van der Waals surface area (Å²) >= 11 is 0. The van der Waals surface area contributed by atoms with Gasteiger partial charge in [0.2, 0.25) is 5.56 Å². The summed E-state index contributed by atoms with van der Waals surface area (Å²) in [5, 5.41) is 3.44. The third-order valence-corrected chi connectivity index (χ3v) is 4.10. The van der Waals surface area contributed by atoms with Gasteiger partial charge in [0.05, 0.1) is 5.56 Å². The quantitative estimate of drug-likeness (QED) is 0.842. The molecule has 2 heterocycles. The summed E-state index contributed by atoms with van der Waals surface area (Å²) in [5.74, 6) is 0.699. The van der Waals surface area contributed by atoms with Crippen LogP contribution in [0.4, 0.5) is 0 Å². The van der Waals surface area contributed by atoms with Crippen LogP contribution in [0.15, 0.2) is 23.1 Å². The first-order chi connectivity index (χ1) is 9.72. The molecule has 0 aromatic carbocycles. The van der Waals surface area contributed by atoms with Crippen LogP contribution in [0.25, 0.3) is 0 Å². The number of H-pyrrole nitrogens is 1. The summed E-state index contributed by atoms with van der Waals surface area (Å²) in [5.41, 5.74) is 0.399. The SMILES string of the molecule is O=C(c1ccc(=O)[nH]c1)N(CC1CC1)CC1CCCN1. The standard InChI is InChI=1S/C15H21N3O2/c19-14-6-5-12(8-17-14)15(20)18(9-11-3-4-11)10-13-2-1-7-16-13/h5-6,8,11,13,16H,1-4,7,9-10H2,(H,17,19). The van der Waals surface area contributed by atoms with E-state index >= 15 is 0 Å². The number of aromatic amines is 1. The van der Waals surface area contributed by atoms with Crippen molar-refractivity contribution in [2.24, 2.45) is 5.92 Å². The highest BCUT2D eigenvalue weighted by Gasteiger charge is 2.29. The monoisotopic (exact) mass is 275 g/mol. The van der Waals surface area contributed by atoms with E-state index < -0.39 is 0 Å². The Morgan fingerprint density at radius 2 is 2.10 bits per heavy atom. The van der Waals surface area contributed by atoms with Crippen LogP contribution < -0.4 is 10.9 Å². The Labute approximate surface area is 118 Å². The molecule has 1 aliphatic heterocycles. The summed E-state index contributed by atoms with van der Waals surface area (Å²) in [7, 11) is 0. The van der Waals surface area contributed by atoms with Gasteiger partial charge in [0.25, 0.3) is 5.91 Å². The molecule has 0 bridgehead atoms. The Morgan fingerprint density at radius 1 is 1.25 bits per heavy atom. The van der Waals surface area contributed by atoms with E-state index in [4.69, 9.17) is 0 Å². The molecule has 5 heteroatoms. The number of carbonyl (C=O) groups is 1. The van der Waals surface area contributed by atoms with Crippen molar-refractivity contribution in [2.75, 3.05) is 19.6 Å². The Hall–Kier alpha value is -1.62. The molecular formula is C15H21N3O2. The molecule has 0 spiro atoms. The van der Waals surface area contributed by atoms with Gasteiger partial charge in [-0.05, 0) is 44.2 Å². The predicted octanol–water partition coefficient (Wildman–Crippen LogP) is 0.979. The molecule has 1 unspecified atom stereocenters. The summed E-state index contributed by atoms with van der Waals surface area (Å²) in [6.07, 6.45) is 6.31. The van der Waals surface area contributed by atoms with Crippen molar-refractivity contribution in [3.05, 3.63) is 34.2 Å². The van der Waals surface area contributed by atoms with Gasteiger partial charge in [-0.25, -0.2) is 0 Å². The maximum atomic E-state index is 12.6. The van der Waals surface area contributed by atoms with Crippen molar-refractivity contribution in [3.63, 3.8) is 0 Å². The smallest absolute Gasteiger partial charge is 0.255 e. The van der Waals surface area contributed by atoms with E-state index in [0.29, 0.717) is 17.5 Å². The minimum absolute atomic E-state index is 0.0295. The molecule has 3 rings (SSSR count). The lowest BCUT2D eigenvalue weighted by Gasteiger charge is -2.26. The molecule has 1 saturated heterocycles. The van der Waals surface area contributed by atoms with Crippen LogP contribution >= 0.6 is 0 Å². The van der Waals surface area contributed by atoms with Crippen molar-refractivity contribution >= 4 is 5.91 Å². The topological polar surface area (TPSA) is 65.2 Å². The normalized spacial score (nSPS) is 21.9. The first-order valence-corrected chi connectivity index (χ1v) is 7.44. The molecule has 1 aromatic rings. The number of amides is 1. The number of carbonyl (C=O) groups excluding carboxylic acids is 1. The Balaban J connectivity index is 1.70. The van der Waals surface area contributed by atoms with Crippen molar-refractivity contribution in [1.82, 2.24) is 15.2 Å². The predicted molar refractivity (Wildman–Crippen MR) is 76.7 cm³/mol. The molecule has 0 radical (unpaired) electrons. The van der Waals surface area contributed by atoms with E-state index in [1.54, 1.807) is 6.07 Å². The molecule has 1 aliphatic carbocycles. The van der Waals surface area contributed by atoms with Gasteiger partial charge in [0.15, 0.2) is 0 Å². The van der Waals surface area contributed by atoms with Gasteiger partial charge < -0.3 is 15.2 Å². The van der Waals surface area contributed by atoms with E-state index in [0.717, 1.165) is 26.1 Å². The molecule has 2 fully saturated rings. The van der Waals surface area contributed by atoms with Crippen LogP contribution in [0, 0.1) is 5.92 Å². The Bertz CT molecular complexity index is 510. The van der Waals surface area contributed by atoms with Gasteiger partial charge in [-0.15, -0.1) is 0 Å². The lowest BCUT2D eigenvalue weighted by molar-refractivity contribution is 0.0733. The summed E-state index contributed by atoms with van der Waals surface area (Å²) in [4.78, 5) is 28.2. The third-order valence-electron chi connectivity index (χ3n) is 4.10. The molecular weight excluding hydrogens is 254 g/mol. The number of pyridine rings is 1. The van der Waals surface area contributed by atoms with E-state index in [2.05, 4.69) is 10.3 Å². The van der Waals surface area contributed by atoms with Crippen LogP contribution in [0.2, 0.25) is 0 Å². The zero-order chi connectivity index (χ0) is 13.9. The zero-order valence-electron chi connectivity index (χ0n) is 11.6. The fourth-order valence-electron chi connectivity index (χ4n) is 2.76. The fourth-order valence-corrected chi connectivity index (χ4v) is 2.76. The number of aromatic nitrogens is 1. The number of hydrogen-bond acceptors (Lipinski definition) is 3. The van der Waals surface area contributed by atoms with Crippen molar-refractivity contribution in [2.45, 2.75) is 31.7 Å². The van der Waals surface area contributed by atoms with Crippen LogP contribution in [-0.2, 0) is 0 Å². The average molecular weight is 275 g/mol. The zero-order valence-corrected chi connectivity index (χ0v) is 11.6. The number of nitrogens with zero attached hydrogens (tertiary/aromatic N) is 1. The van der Waals surface area contributed by atoms with Crippen LogP contribution in [0.1, 0.15) is 36.0 Å². The van der Waals surface area contributed by atoms with Gasteiger partial charge in [0.1, 0.15) is 0 Å². The number of nitrogens with one attached hydrogen (secondary N) is 2. The average Bonchev–Trinajstić information content (AvgIpc) is 3.12. The molecule has 108 valence electrons. The third kappa shape index (κ3) is 3.28. The van der Waals surface area contributed by atoms with Crippen LogP contribution in [0.5, 0.6) is 0 Å². The maximum absolute atomic E-state index is 12.6. The van der Waals surface area contributed by atoms with E-state index in [-0.39, 0.29) is 11.5 Å². The largest absolute Gasteiger partial charge is 0.337 e. The molecule has 2 aliphatic rings. The fraction of sp³-hybridized carbons (Fsp3) is 0.600. The minimum atomic E-state index is -0.173. The maximum Gasteiger partial charge on any atom is 0.255 e. The first-order valence-electron chi connectivity index (χ1n) is 7.44. The number of rotatable bonds is 5. The molecule has 2 N–H and O–H groups in total. The second kappa shape index (κ2) is 5.79. The van der Waals surface area contributed by atoms with E-state index in [1.165, 1.54) is 31.5 Å². The second-order valence-electron chi connectivity index (χ2n) is 5.89. The molecule has 5 nitrogen and oxygen atoms in total. The highest BCUT2D eigenvalue weighted by molar-refractivity contribution is 5.93. The highest BCUT2D eigenvalue weighted by atomic mass is 16.2. The van der Waals surface area contributed by atoms with Crippen molar-refractivity contribution in [3.8, 4) is 0 Å². The Morgan fingerprint density at radius 3 is 2.70 bits per heavy atom. The lowest BCUT2D eigenvalue weighted by Crippen LogP contribution is -2.42. The number of hydrogen-bond donors (Lipinski definition) is 2. The summed E-state index contributed by atoms with van der Waals surface area (Å²) < 4.78 is 0. The highest BCUT2D eigenvalue weighted by Crippen LogP contribution is 2.30. The molecule has 1 saturated carbocycles. The first kappa shape index (κ1) is 13.4. The van der Waals surface area contributed by atoms with Gasteiger partial charge in [-0.1, -0.05) is 0 Å². The van der Waals surface area contributed by atoms with Gasteiger partial charge in [-0.3, -0.25) is 9.59 Å². The van der Waals surface area contributed by atoms with Crippen molar-refractivity contribution < 1.29 is 4.79 Å². The molecule has 1 aromatic heterocycles. The van der Waals surface area contributed by atoms with E-state index in [9.17, 15) is 9.59 Å². The van der Waals surface area contributed by atoms with Crippen LogP contribution in [-0.4, -0.2) is 41.5 Å². The molecule has 1 amide bonds. The van der Waals surface area contributed by atoms with Crippen LogP contribution in [0.3, 0.4) is 0 Å². The van der Waals surface area contributed by atoms with Gasteiger partial charge >= 0.3 is 0 Å². The van der Waals surface area contributed by atoms with Crippen molar-refractivity contribution in [1.29, 1.82) is 0 Å².